The van der Waals surface area contributed by atoms with Gasteiger partial charge in [0.15, 0.2) is 0 Å². The Labute approximate surface area is 116 Å². The Morgan fingerprint density at radius 2 is 1.63 bits per heavy atom. The number of rotatable bonds is 10. The molecule has 0 aromatic carbocycles. The van der Waals surface area contributed by atoms with Crippen LogP contribution in [0.15, 0.2) is 12.1 Å². The summed E-state index contributed by atoms with van der Waals surface area (Å²) in [5.41, 5.74) is 2.58. The van der Waals surface area contributed by atoms with Crippen molar-refractivity contribution in [2.24, 2.45) is 0 Å². The van der Waals surface area contributed by atoms with Gasteiger partial charge >= 0.3 is 0 Å². The molecule has 1 aromatic rings. The Kier molecular flexibility index (Phi) is 7.79. The number of hydrogen-bond acceptors (Lipinski definition) is 3. The van der Waals surface area contributed by atoms with E-state index in [4.69, 9.17) is 14.2 Å². The molecule has 0 N–H and O–H groups in total. The second kappa shape index (κ2) is 9.13. The summed E-state index contributed by atoms with van der Waals surface area (Å²) in [6.07, 6.45) is 0.931. The Morgan fingerprint density at radius 1 is 1.00 bits per heavy atom. The van der Waals surface area contributed by atoms with Crippen molar-refractivity contribution in [2.75, 3.05) is 40.1 Å². The second-order valence-corrected chi connectivity index (χ2v) is 4.87. The van der Waals surface area contributed by atoms with Gasteiger partial charge in [0.05, 0.1) is 25.9 Å². The summed E-state index contributed by atoms with van der Waals surface area (Å²) in [5, 5.41) is 0. The van der Waals surface area contributed by atoms with Gasteiger partial charge in [-0.3, -0.25) is 0 Å². The average Bonchev–Trinajstić information content (AvgIpc) is 2.72. The van der Waals surface area contributed by atoms with E-state index in [1.54, 1.807) is 7.11 Å². The number of aryl methyl sites for hydroxylation is 2. The van der Waals surface area contributed by atoms with E-state index in [1.807, 2.05) is 0 Å². The molecule has 4 heteroatoms. The monoisotopic (exact) mass is 269 g/mol. The highest BCUT2D eigenvalue weighted by atomic mass is 16.5. The number of methoxy groups -OCH3 is 1. The van der Waals surface area contributed by atoms with E-state index in [2.05, 4.69) is 37.5 Å². The lowest BCUT2D eigenvalue weighted by Crippen LogP contribution is -2.15. The van der Waals surface area contributed by atoms with Crippen molar-refractivity contribution in [3.63, 3.8) is 0 Å². The fourth-order valence-electron chi connectivity index (χ4n) is 2.21. The van der Waals surface area contributed by atoms with Crippen LogP contribution in [0.25, 0.3) is 0 Å². The number of nitrogens with zero attached hydrogens (tertiary/aromatic N) is 1. The minimum absolute atomic E-state index is 0.379. The van der Waals surface area contributed by atoms with Crippen molar-refractivity contribution in [3.8, 4) is 0 Å². The van der Waals surface area contributed by atoms with Crippen LogP contribution < -0.4 is 0 Å². The topological polar surface area (TPSA) is 32.6 Å². The normalized spacial score (nSPS) is 12.8. The molecular formula is C15H27NO3. The second-order valence-electron chi connectivity index (χ2n) is 4.87. The summed E-state index contributed by atoms with van der Waals surface area (Å²) >= 11 is 0. The van der Waals surface area contributed by atoms with Crippen LogP contribution in [0.3, 0.4) is 0 Å². The summed E-state index contributed by atoms with van der Waals surface area (Å²) in [6.45, 7) is 10.00. The van der Waals surface area contributed by atoms with Crippen molar-refractivity contribution >= 4 is 0 Å². The highest BCUT2D eigenvalue weighted by molar-refractivity contribution is 5.14. The van der Waals surface area contributed by atoms with Crippen molar-refractivity contribution < 1.29 is 14.2 Å². The van der Waals surface area contributed by atoms with E-state index in [0.29, 0.717) is 19.3 Å². The lowest BCUT2D eigenvalue weighted by molar-refractivity contribution is 0.0463. The van der Waals surface area contributed by atoms with Gasteiger partial charge in [0.1, 0.15) is 0 Å². The molecule has 1 atom stereocenters. The van der Waals surface area contributed by atoms with Crippen molar-refractivity contribution in [2.45, 2.75) is 33.2 Å². The van der Waals surface area contributed by atoms with Crippen molar-refractivity contribution in [3.05, 3.63) is 23.5 Å². The Hall–Kier alpha value is -0.840. The Morgan fingerprint density at radius 3 is 2.26 bits per heavy atom. The Bertz CT molecular complexity index is 330. The van der Waals surface area contributed by atoms with E-state index >= 15 is 0 Å². The number of ether oxygens (including phenoxy) is 3. The molecule has 1 unspecified atom stereocenters. The molecule has 1 heterocycles. The minimum Gasteiger partial charge on any atom is -0.382 e. The van der Waals surface area contributed by atoms with Gasteiger partial charge in [0.25, 0.3) is 0 Å². The molecule has 1 aromatic heterocycles. The molecule has 1 rings (SSSR count). The molecule has 0 aliphatic heterocycles. The van der Waals surface area contributed by atoms with Crippen LogP contribution in [0.5, 0.6) is 0 Å². The molecule has 0 spiro atoms. The van der Waals surface area contributed by atoms with Crippen LogP contribution in [0.4, 0.5) is 0 Å². The van der Waals surface area contributed by atoms with E-state index in [1.165, 1.54) is 11.4 Å². The quantitative estimate of drug-likeness (QED) is 0.612. The largest absolute Gasteiger partial charge is 0.382 e. The molecule has 0 bridgehead atoms. The lowest BCUT2D eigenvalue weighted by Gasteiger charge is -2.18. The first-order valence-electron chi connectivity index (χ1n) is 6.95. The maximum atomic E-state index is 5.70. The van der Waals surface area contributed by atoms with Gasteiger partial charge in [-0.15, -0.1) is 0 Å². The molecule has 4 nitrogen and oxygen atoms in total. The standard InChI is InChI=1S/C15H27NO3/c1-13-6-7-14(2)16(13)15(3)12-19-9-5-8-18-11-10-17-4/h6-7,15H,5,8-12H2,1-4H3. The molecule has 0 fully saturated rings. The Balaban J connectivity index is 2.09. The van der Waals surface area contributed by atoms with Crippen LogP contribution >= 0.6 is 0 Å². The smallest absolute Gasteiger partial charge is 0.0700 e. The summed E-state index contributed by atoms with van der Waals surface area (Å²) < 4.78 is 18.3. The zero-order valence-corrected chi connectivity index (χ0v) is 12.6. The molecule has 0 aliphatic carbocycles. The van der Waals surface area contributed by atoms with Gasteiger partial charge in [-0.2, -0.15) is 0 Å². The summed E-state index contributed by atoms with van der Waals surface area (Å²) in [6, 6.07) is 4.68. The van der Waals surface area contributed by atoms with Crippen LogP contribution in [0.1, 0.15) is 30.8 Å². The van der Waals surface area contributed by atoms with Gasteiger partial charge in [-0.1, -0.05) is 0 Å². The molecule has 19 heavy (non-hydrogen) atoms. The van der Waals surface area contributed by atoms with E-state index in [-0.39, 0.29) is 0 Å². The molecule has 0 amide bonds. The molecular weight excluding hydrogens is 242 g/mol. The van der Waals surface area contributed by atoms with Crippen LogP contribution in [0, 0.1) is 13.8 Å². The zero-order chi connectivity index (χ0) is 14.1. The van der Waals surface area contributed by atoms with Crippen molar-refractivity contribution in [1.82, 2.24) is 4.57 Å². The van der Waals surface area contributed by atoms with Gasteiger partial charge in [0.2, 0.25) is 0 Å². The third-order valence-electron chi connectivity index (χ3n) is 3.13. The van der Waals surface area contributed by atoms with E-state index in [9.17, 15) is 0 Å². The number of hydrogen-bond donors (Lipinski definition) is 0. The fourth-order valence-corrected chi connectivity index (χ4v) is 2.21. The van der Waals surface area contributed by atoms with Gasteiger partial charge in [-0.25, -0.2) is 0 Å². The zero-order valence-electron chi connectivity index (χ0n) is 12.6. The molecule has 0 saturated carbocycles. The third kappa shape index (κ3) is 5.76. The maximum Gasteiger partial charge on any atom is 0.0700 e. The van der Waals surface area contributed by atoms with Crippen LogP contribution in [0.2, 0.25) is 0 Å². The predicted molar refractivity (Wildman–Crippen MR) is 76.7 cm³/mol. The van der Waals surface area contributed by atoms with Gasteiger partial charge < -0.3 is 18.8 Å². The van der Waals surface area contributed by atoms with Crippen LogP contribution in [-0.2, 0) is 14.2 Å². The summed E-state index contributed by atoms with van der Waals surface area (Å²) in [5.74, 6) is 0. The van der Waals surface area contributed by atoms with E-state index in [0.717, 1.165) is 26.2 Å². The molecule has 0 radical (unpaired) electrons. The first-order chi connectivity index (χ1) is 9.16. The number of aromatic nitrogens is 1. The fraction of sp³-hybridized carbons (Fsp3) is 0.733. The lowest BCUT2D eigenvalue weighted by atomic mass is 10.3. The summed E-state index contributed by atoms with van der Waals surface area (Å²) in [7, 11) is 1.68. The van der Waals surface area contributed by atoms with Gasteiger partial charge in [0, 0.05) is 31.7 Å². The van der Waals surface area contributed by atoms with Crippen molar-refractivity contribution in [1.29, 1.82) is 0 Å². The van der Waals surface area contributed by atoms with Gasteiger partial charge in [-0.05, 0) is 39.3 Å². The first kappa shape index (κ1) is 16.2. The highest BCUT2D eigenvalue weighted by Gasteiger charge is 2.09. The van der Waals surface area contributed by atoms with Crippen LogP contribution in [-0.4, -0.2) is 44.7 Å². The summed E-state index contributed by atoms with van der Waals surface area (Å²) in [4.78, 5) is 0. The predicted octanol–water partition coefficient (Wildman–Crippen LogP) is 2.74. The molecule has 0 saturated heterocycles. The third-order valence-corrected chi connectivity index (χ3v) is 3.13. The maximum absolute atomic E-state index is 5.70. The highest BCUT2D eigenvalue weighted by Crippen LogP contribution is 2.15. The molecule has 0 aliphatic rings. The minimum atomic E-state index is 0.379. The first-order valence-corrected chi connectivity index (χ1v) is 6.95. The average molecular weight is 269 g/mol. The SMILES string of the molecule is COCCOCCCOCC(C)n1c(C)ccc1C. The molecule has 110 valence electrons. The van der Waals surface area contributed by atoms with E-state index < -0.39 is 0 Å².